The van der Waals surface area contributed by atoms with Gasteiger partial charge in [0.15, 0.2) is 9.84 Å². The lowest BCUT2D eigenvalue weighted by Gasteiger charge is -2.13. The minimum Gasteiger partial charge on any atom is -0.322 e. The SMILES string of the molecule is Cc1nc(-c2ccc(NC(=O)c3ccccc3S[C@H]3CCS(=O)(=O)C3)cc2)cs1. The molecule has 150 valence electrons. The topological polar surface area (TPSA) is 76.1 Å². The Balaban J connectivity index is 1.47. The normalized spacial score (nSPS) is 17.9. The highest BCUT2D eigenvalue weighted by Gasteiger charge is 2.29. The average Bonchev–Trinajstić information content (AvgIpc) is 3.27. The molecule has 0 saturated carbocycles. The number of aryl methyl sites for hydroxylation is 1. The fraction of sp³-hybridized carbons (Fsp3) is 0.238. The highest BCUT2D eigenvalue weighted by molar-refractivity contribution is 8.02. The zero-order chi connectivity index (χ0) is 20.4. The minimum atomic E-state index is -2.95. The van der Waals surface area contributed by atoms with Crippen LogP contribution >= 0.6 is 23.1 Å². The van der Waals surface area contributed by atoms with Crippen molar-refractivity contribution in [3.05, 3.63) is 64.5 Å². The Morgan fingerprint density at radius 2 is 1.93 bits per heavy atom. The van der Waals surface area contributed by atoms with Crippen LogP contribution in [-0.2, 0) is 9.84 Å². The van der Waals surface area contributed by atoms with E-state index in [1.807, 2.05) is 54.8 Å². The maximum Gasteiger partial charge on any atom is 0.256 e. The minimum absolute atomic E-state index is 0.00481. The molecule has 29 heavy (non-hydrogen) atoms. The van der Waals surface area contributed by atoms with E-state index in [4.69, 9.17) is 0 Å². The first-order valence-electron chi connectivity index (χ1n) is 9.20. The molecule has 1 aromatic heterocycles. The van der Waals surface area contributed by atoms with Gasteiger partial charge in [-0.1, -0.05) is 24.3 Å². The van der Waals surface area contributed by atoms with Crippen LogP contribution in [0.25, 0.3) is 11.3 Å². The number of thioether (sulfide) groups is 1. The molecule has 1 fully saturated rings. The van der Waals surface area contributed by atoms with Gasteiger partial charge in [0.25, 0.3) is 5.91 Å². The number of amides is 1. The molecule has 1 N–H and O–H groups in total. The Morgan fingerprint density at radius 3 is 2.59 bits per heavy atom. The molecule has 0 spiro atoms. The summed E-state index contributed by atoms with van der Waals surface area (Å²) in [4.78, 5) is 18.1. The van der Waals surface area contributed by atoms with E-state index in [2.05, 4.69) is 10.3 Å². The fourth-order valence-electron chi connectivity index (χ4n) is 3.21. The molecular weight excluding hydrogens is 424 g/mol. The van der Waals surface area contributed by atoms with Gasteiger partial charge in [0, 0.05) is 26.8 Å². The number of benzene rings is 2. The zero-order valence-corrected chi connectivity index (χ0v) is 18.2. The predicted molar refractivity (Wildman–Crippen MR) is 120 cm³/mol. The number of anilines is 1. The summed E-state index contributed by atoms with van der Waals surface area (Å²) in [5, 5.41) is 5.96. The summed E-state index contributed by atoms with van der Waals surface area (Å²) in [5.74, 6) is 0.195. The first-order valence-corrected chi connectivity index (χ1v) is 12.8. The molecule has 3 aromatic rings. The van der Waals surface area contributed by atoms with Crippen LogP contribution in [-0.4, -0.2) is 36.1 Å². The number of thiazole rings is 1. The summed E-state index contributed by atoms with van der Waals surface area (Å²) in [6.45, 7) is 1.97. The first-order chi connectivity index (χ1) is 13.9. The molecule has 0 unspecified atom stereocenters. The molecule has 1 saturated heterocycles. The summed E-state index contributed by atoms with van der Waals surface area (Å²) in [6, 6.07) is 14.9. The molecule has 8 heteroatoms. The van der Waals surface area contributed by atoms with E-state index in [1.54, 1.807) is 17.4 Å². The third kappa shape index (κ3) is 4.88. The Kier molecular flexibility index (Phi) is 5.76. The van der Waals surface area contributed by atoms with Crippen LogP contribution in [0.2, 0.25) is 0 Å². The second kappa shape index (κ2) is 8.30. The largest absolute Gasteiger partial charge is 0.322 e. The molecule has 0 radical (unpaired) electrons. The van der Waals surface area contributed by atoms with Gasteiger partial charge >= 0.3 is 0 Å². The van der Waals surface area contributed by atoms with Gasteiger partial charge in [0.05, 0.1) is 27.8 Å². The van der Waals surface area contributed by atoms with Crippen molar-refractivity contribution in [3.8, 4) is 11.3 Å². The lowest BCUT2D eigenvalue weighted by molar-refractivity contribution is 0.102. The second-order valence-electron chi connectivity index (χ2n) is 6.92. The van der Waals surface area contributed by atoms with Crippen molar-refractivity contribution >= 4 is 44.5 Å². The monoisotopic (exact) mass is 444 g/mol. The Hall–Kier alpha value is -2.16. The van der Waals surface area contributed by atoms with Gasteiger partial charge in [-0.2, -0.15) is 0 Å². The van der Waals surface area contributed by atoms with Crippen LogP contribution in [0, 0.1) is 6.92 Å². The number of aromatic nitrogens is 1. The molecule has 1 atom stereocenters. The number of sulfone groups is 1. The van der Waals surface area contributed by atoms with Crippen LogP contribution in [0.4, 0.5) is 5.69 Å². The number of hydrogen-bond acceptors (Lipinski definition) is 6. The first kappa shape index (κ1) is 20.1. The molecule has 2 heterocycles. The average molecular weight is 445 g/mol. The van der Waals surface area contributed by atoms with Crippen molar-refractivity contribution in [1.29, 1.82) is 0 Å². The van der Waals surface area contributed by atoms with E-state index in [1.165, 1.54) is 11.8 Å². The van der Waals surface area contributed by atoms with E-state index in [-0.39, 0.29) is 22.7 Å². The van der Waals surface area contributed by atoms with E-state index in [0.29, 0.717) is 17.7 Å². The molecule has 0 aliphatic carbocycles. The van der Waals surface area contributed by atoms with Crippen LogP contribution in [0.1, 0.15) is 21.8 Å². The maximum absolute atomic E-state index is 12.8. The van der Waals surface area contributed by atoms with Gasteiger partial charge in [-0.15, -0.1) is 23.1 Å². The number of carbonyl (C=O) groups is 1. The standard InChI is InChI=1S/C21H20N2O3S3/c1-14-22-19(12-27-14)15-6-8-16(9-7-15)23-21(24)18-4-2-3-5-20(18)28-17-10-11-29(25,26)13-17/h2-9,12,17H,10-11,13H2,1H3,(H,23,24)/t17-/m0/s1. The lowest BCUT2D eigenvalue weighted by atomic mass is 10.1. The Bertz CT molecular complexity index is 1140. The number of nitrogens with zero attached hydrogens (tertiary/aromatic N) is 1. The number of rotatable bonds is 5. The maximum atomic E-state index is 12.8. The quantitative estimate of drug-likeness (QED) is 0.620. The van der Waals surface area contributed by atoms with Gasteiger partial charge in [-0.3, -0.25) is 4.79 Å². The van der Waals surface area contributed by atoms with Crippen molar-refractivity contribution in [2.75, 3.05) is 16.8 Å². The van der Waals surface area contributed by atoms with E-state index in [0.717, 1.165) is 21.2 Å². The third-order valence-electron chi connectivity index (χ3n) is 4.67. The predicted octanol–water partition coefficient (Wildman–Crippen LogP) is 4.65. The summed E-state index contributed by atoms with van der Waals surface area (Å²) < 4.78 is 23.5. The molecule has 0 bridgehead atoms. The van der Waals surface area contributed by atoms with Crippen molar-refractivity contribution in [2.45, 2.75) is 23.5 Å². The molecule has 1 amide bonds. The van der Waals surface area contributed by atoms with Crippen molar-refractivity contribution in [1.82, 2.24) is 4.98 Å². The van der Waals surface area contributed by atoms with E-state index >= 15 is 0 Å². The van der Waals surface area contributed by atoms with Gasteiger partial charge in [0.2, 0.25) is 0 Å². The molecule has 1 aliphatic heterocycles. The van der Waals surface area contributed by atoms with Crippen LogP contribution in [0.5, 0.6) is 0 Å². The summed E-state index contributed by atoms with van der Waals surface area (Å²) in [5.41, 5.74) is 3.19. The van der Waals surface area contributed by atoms with Crippen molar-refractivity contribution in [2.24, 2.45) is 0 Å². The number of hydrogen-bond donors (Lipinski definition) is 1. The second-order valence-corrected chi connectivity index (χ2v) is 11.6. The van der Waals surface area contributed by atoms with Gasteiger partial charge in [-0.25, -0.2) is 13.4 Å². The van der Waals surface area contributed by atoms with Gasteiger partial charge in [0.1, 0.15) is 0 Å². The fourth-order valence-corrected chi connectivity index (χ4v) is 7.46. The zero-order valence-electron chi connectivity index (χ0n) is 15.8. The summed E-state index contributed by atoms with van der Waals surface area (Å²) in [6.07, 6.45) is 0.626. The molecule has 2 aromatic carbocycles. The summed E-state index contributed by atoms with van der Waals surface area (Å²) >= 11 is 3.08. The van der Waals surface area contributed by atoms with Gasteiger partial charge < -0.3 is 5.32 Å². The highest BCUT2D eigenvalue weighted by Crippen LogP contribution is 2.33. The molecular formula is C21H20N2O3S3. The van der Waals surface area contributed by atoms with Crippen LogP contribution < -0.4 is 5.32 Å². The van der Waals surface area contributed by atoms with Crippen molar-refractivity contribution in [3.63, 3.8) is 0 Å². The lowest BCUT2D eigenvalue weighted by Crippen LogP contribution is -2.14. The smallest absolute Gasteiger partial charge is 0.256 e. The van der Waals surface area contributed by atoms with E-state index in [9.17, 15) is 13.2 Å². The van der Waals surface area contributed by atoms with Gasteiger partial charge in [-0.05, 0) is 37.6 Å². The van der Waals surface area contributed by atoms with E-state index < -0.39 is 9.84 Å². The number of carbonyl (C=O) groups excluding carboxylic acids is 1. The molecule has 1 aliphatic rings. The molecule has 4 rings (SSSR count). The highest BCUT2D eigenvalue weighted by atomic mass is 32.2. The summed E-state index contributed by atoms with van der Waals surface area (Å²) in [7, 11) is -2.95. The Labute approximate surface area is 178 Å². The van der Waals surface area contributed by atoms with Crippen LogP contribution in [0.3, 0.4) is 0 Å². The molecule has 5 nitrogen and oxygen atoms in total. The third-order valence-corrected chi connectivity index (χ3v) is 8.77. The number of nitrogens with one attached hydrogen (secondary N) is 1. The van der Waals surface area contributed by atoms with Crippen LogP contribution in [0.15, 0.2) is 58.8 Å². The Morgan fingerprint density at radius 1 is 1.17 bits per heavy atom. The van der Waals surface area contributed by atoms with Crippen molar-refractivity contribution < 1.29 is 13.2 Å².